The SMILES string of the molecule is CCCN(CC)c1ccc(NC(=O)SC(CS(=O)(=O)CCl)c2ccc(Cl)cc2)c(C)c1. The summed E-state index contributed by atoms with van der Waals surface area (Å²) in [6.07, 6.45) is 1.05. The van der Waals surface area contributed by atoms with Crippen molar-refractivity contribution in [2.75, 3.05) is 34.3 Å². The maximum absolute atomic E-state index is 12.8. The summed E-state index contributed by atoms with van der Waals surface area (Å²) in [5, 5.41) is 2.01. The number of carbonyl (C=O) groups is 1. The molecular formula is C22H28Cl2N2O3S2. The predicted octanol–water partition coefficient (Wildman–Crippen LogP) is 6.50. The van der Waals surface area contributed by atoms with E-state index in [9.17, 15) is 13.2 Å². The molecule has 1 amide bonds. The molecule has 2 rings (SSSR count). The number of hydrogen-bond donors (Lipinski definition) is 1. The Kier molecular flexibility index (Phi) is 10.0. The summed E-state index contributed by atoms with van der Waals surface area (Å²) in [5.41, 5.74) is 3.45. The lowest BCUT2D eigenvalue weighted by Crippen LogP contribution is -2.23. The van der Waals surface area contributed by atoms with Crippen molar-refractivity contribution in [1.29, 1.82) is 0 Å². The number of halogens is 2. The second kappa shape index (κ2) is 12.0. The van der Waals surface area contributed by atoms with Gasteiger partial charge in [0, 0.05) is 29.5 Å². The van der Waals surface area contributed by atoms with Crippen LogP contribution in [0, 0.1) is 6.92 Å². The minimum atomic E-state index is -3.50. The normalized spacial score (nSPS) is 12.4. The molecule has 1 N–H and O–H groups in total. The molecule has 5 nitrogen and oxygen atoms in total. The molecule has 1 unspecified atom stereocenters. The highest BCUT2D eigenvalue weighted by Crippen LogP contribution is 2.33. The van der Waals surface area contributed by atoms with Crippen LogP contribution in [0.1, 0.15) is 36.6 Å². The summed E-state index contributed by atoms with van der Waals surface area (Å²) in [6, 6.07) is 12.7. The molecule has 31 heavy (non-hydrogen) atoms. The van der Waals surface area contributed by atoms with E-state index in [1.165, 1.54) is 0 Å². The minimum absolute atomic E-state index is 0.239. The van der Waals surface area contributed by atoms with E-state index in [2.05, 4.69) is 24.1 Å². The molecule has 0 aliphatic rings. The van der Waals surface area contributed by atoms with Crippen molar-refractivity contribution in [2.45, 2.75) is 32.4 Å². The second-order valence-electron chi connectivity index (χ2n) is 7.17. The molecule has 0 spiro atoms. The molecule has 0 radical (unpaired) electrons. The number of alkyl halides is 1. The van der Waals surface area contributed by atoms with Gasteiger partial charge in [0.2, 0.25) is 0 Å². The van der Waals surface area contributed by atoms with E-state index in [-0.39, 0.29) is 11.0 Å². The van der Waals surface area contributed by atoms with Crippen LogP contribution in [0.4, 0.5) is 16.2 Å². The number of benzene rings is 2. The molecule has 2 aromatic rings. The summed E-state index contributed by atoms with van der Waals surface area (Å²) < 4.78 is 24.2. The molecule has 0 saturated carbocycles. The lowest BCUT2D eigenvalue weighted by molar-refractivity contribution is 0.269. The van der Waals surface area contributed by atoms with Gasteiger partial charge in [0.15, 0.2) is 9.84 Å². The van der Waals surface area contributed by atoms with Crippen molar-refractivity contribution >= 4 is 61.4 Å². The zero-order valence-electron chi connectivity index (χ0n) is 17.9. The number of hydrogen-bond acceptors (Lipinski definition) is 5. The van der Waals surface area contributed by atoms with Gasteiger partial charge >= 0.3 is 0 Å². The first-order chi connectivity index (χ1) is 14.7. The van der Waals surface area contributed by atoms with Crippen molar-refractivity contribution in [3.63, 3.8) is 0 Å². The first-order valence-corrected chi connectivity index (χ1v) is 13.7. The number of nitrogens with zero attached hydrogens (tertiary/aromatic N) is 1. The average Bonchev–Trinajstić information content (AvgIpc) is 2.73. The fourth-order valence-corrected chi connectivity index (χ4v) is 5.89. The van der Waals surface area contributed by atoms with Crippen molar-refractivity contribution < 1.29 is 13.2 Å². The Bertz CT molecular complexity index is 983. The van der Waals surface area contributed by atoms with Crippen LogP contribution in [0.15, 0.2) is 42.5 Å². The molecule has 1 atom stereocenters. The van der Waals surface area contributed by atoms with Gasteiger partial charge in [-0.1, -0.05) is 42.4 Å². The first-order valence-electron chi connectivity index (χ1n) is 10.0. The van der Waals surface area contributed by atoms with Gasteiger partial charge in [-0.3, -0.25) is 4.79 Å². The van der Waals surface area contributed by atoms with Crippen LogP contribution in [0.3, 0.4) is 0 Å². The largest absolute Gasteiger partial charge is 0.372 e. The molecule has 0 aliphatic heterocycles. The Balaban J connectivity index is 2.17. The molecule has 0 aliphatic carbocycles. The third kappa shape index (κ3) is 7.90. The van der Waals surface area contributed by atoms with Crippen molar-refractivity contribution in [1.82, 2.24) is 0 Å². The Morgan fingerprint density at radius 2 is 1.84 bits per heavy atom. The van der Waals surface area contributed by atoms with Gasteiger partial charge in [0.1, 0.15) is 5.21 Å². The minimum Gasteiger partial charge on any atom is -0.372 e. The van der Waals surface area contributed by atoms with E-state index in [0.717, 1.165) is 42.5 Å². The van der Waals surface area contributed by atoms with Crippen LogP contribution >= 0.6 is 35.0 Å². The van der Waals surface area contributed by atoms with Gasteiger partial charge in [-0.25, -0.2) is 8.42 Å². The highest BCUT2D eigenvalue weighted by molar-refractivity contribution is 8.14. The van der Waals surface area contributed by atoms with Crippen LogP contribution in [-0.2, 0) is 9.84 Å². The molecule has 9 heteroatoms. The number of sulfone groups is 1. The molecule has 0 bridgehead atoms. The fourth-order valence-electron chi connectivity index (χ4n) is 3.14. The Labute approximate surface area is 199 Å². The molecule has 0 fully saturated rings. The highest BCUT2D eigenvalue weighted by Gasteiger charge is 2.24. The number of thioether (sulfide) groups is 1. The lowest BCUT2D eigenvalue weighted by atomic mass is 10.1. The van der Waals surface area contributed by atoms with E-state index >= 15 is 0 Å². The lowest BCUT2D eigenvalue weighted by Gasteiger charge is -2.23. The van der Waals surface area contributed by atoms with E-state index in [1.807, 2.05) is 25.1 Å². The second-order valence-corrected chi connectivity index (χ2v) is 11.5. The summed E-state index contributed by atoms with van der Waals surface area (Å²) in [6.45, 7) is 8.08. The van der Waals surface area contributed by atoms with Crippen LogP contribution in [-0.4, -0.2) is 37.7 Å². The summed E-state index contributed by atoms with van der Waals surface area (Å²) >= 11 is 12.5. The average molecular weight is 504 g/mol. The molecule has 2 aromatic carbocycles. The highest BCUT2D eigenvalue weighted by atomic mass is 35.5. The molecule has 0 aromatic heterocycles. The maximum atomic E-state index is 12.8. The molecule has 170 valence electrons. The van der Waals surface area contributed by atoms with E-state index in [1.54, 1.807) is 24.3 Å². The zero-order valence-corrected chi connectivity index (χ0v) is 21.0. The monoisotopic (exact) mass is 502 g/mol. The van der Waals surface area contributed by atoms with Gasteiger partial charge in [-0.15, -0.1) is 11.6 Å². The third-order valence-electron chi connectivity index (χ3n) is 4.75. The predicted molar refractivity (Wildman–Crippen MR) is 135 cm³/mol. The Morgan fingerprint density at radius 1 is 1.16 bits per heavy atom. The molecular weight excluding hydrogens is 475 g/mol. The number of amides is 1. The fraction of sp³-hybridized carbons (Fsp3) is 0.409. The van der Waals surface area contributed by atoms with Crippen molar-refractivity contribution in [3.8, 4) is 0 Å². The first kappa shape index (κ1) is 25.8. The summed E-state index contributed by atoms with van der Waals surface area (Å²) in [4.78, 5) is 15.0. The van der Waals surface area contributed by atoms with Crippen LogP contribution in [0.5, 0.6) is 0 Å². The van der Waals surface area contributed by atoms with Gasteiger partial charge < -0.3 is 10.2 Å². The zero-order chi connectivity index (χ0) is 23.0. The van der Waals surface area contributed by atoms with Crippen LogP contribution in [0.25, 0.3) is 0 Å². The third-order valence-corrected chi connectivity index (χ3v) is 8.42. The van der Waals surface area contributed by atoms with Gasteiger partial charge in [0.05, 0.1) is 11.0 Å². The van der Waals surface area contributed by atoms with E-state index < -0.39 is 20.3 Å². The number of rotatable bonds is 10. The molecule has 0 heterocycles. The van der Waals surface area contributed by atoms with Gasteiger partial charge in [0.25, 0.3) is 5.24 Å². The van der Waals surface area contributed by atoms with Crippen LogP contribution < -0.4 is 10.2 Å². The maximum Gasteiger partial charge on any atom is 0.284 e. The quantitative estimate of drug-likeness (QED) is 0.375. The number of anilines is 2. The summed E-state index contributed by atoms with van der Waals surface area (Å²) in [7, 11) is -3.50. The number of aryl methyl sites for hydroxylation is 1. The van der Waals surface area contributed by atoms with E-state index in [4.69, 9.17) is 23.2 Å². The topological polar surface area (TPSA) is 66.5 Å². The van der Waals surface area contributed by atoms with Crippen LogP contribution in [0.2, 0.25) is 5.02 Å². The van der Waals surface area contributed by atoms with E-state index in [0.29, 0.717) is 16.3 Å². The van der Waals surface area contributed by atoms with Crippen molar-refractivity contribution in [2.24, 2.45) is 0 Å². The standard InChI is InChI=1S/C22H28Cl2N2O3S2/c1-4-12-26(5-2)19-10-11-20(16(3)13-19)25-22(27)30-21(14-31(28,29)15-23)17-6-8-18(24)9-7-17/h6-11,13,21H,4-5,12,14-15H2,1-3H3,(H,25,27). The smallest absolute Gasteiger partial charge is 0.284 e. The van der Waals surface area contributed by atoms with Crippen molar-refractivity contribution in [3.05, 3.63) is 58.6 Å². The van der Waals surface area contributed by atoms with Gasteiger partial charge in [-0.2, -0.15) is 0 Å². The summed E-state index contributed by atoms with van der Waals surface area (Å²) in [5.74, 6) is -0.239. The number of carbonyl (C=O) groups excluding carboxylic acids is 1. The Morgan fingerprint density at radius 3 is 2.39 bits per heavy atom. The number of nitrogens with one attached hydrogen (secondary N) is 1. The molecule has 0 saturated heterocycles. The van der Waals surface area contributed by atoms with Gasteiger partial charge in [-0.05, 0) is 61.7 Å². The Hall–Kier alpha value is -1.41.